The van der Waals surface area contributed by atoms with Crippen LogP contribution >= 0.6 is 0 Å². The molecule has 0 N–H and O–H groups in total. The Balaban J connectivity index is 1.13. The van der Waals surface area contributed by atoms with Gasteiger partial charge in [-0.1, -0.05) is 54.3 Å². The Bertz CT molecular complexity index is 1480. The molecule has 2 aliphatic carbocycles. The van der Waals surface area contributed by atoms with Crippen molar-refractivity contribution in [2.75, 3.05) is 0 Å². The van der Waals surface area contributed by atoms with Crippen LogP contribution in [0.2, 0.25) is 0 Å². The zero-order chi connectivity index (χ0) is 23.6. The third kappa shape index (κ3) is 4.73. The largest absolute Gasteiger partial charge is 0.426 e. The van der Waals surface area contributed by atoms with Crippen molar-refractivity contribution in [1.29, 1.82) is 0 Å². The molecule has 0 fully saturated rings. The summed E-state index contributed by atoms with van der Waals surface area (Å²) in [5.41, 5.74) is 7.63. The fourth-order valence-corrected chi connectivity index (χ4v) is 5.42. The molecular formula is C33H28O2. The molecule has 0 radical (unpaired) electrons. The lowest BCUT2D eigenvalue weighted by molar-refractivity contribution is -0.139. The van der Waals surface area contributed by atoms with Crippen LogP contribution in [0.5, 0.6) is 5.75 Å². The number of benzene rings is 4. The Morgan fingerprint density at radius 3 is 2.17 bits per heavy atom. The summed E-state index contributed by atoms with van der Waals surface area (Å²) in [6, 6.07) is 27.0. The third-order valence-electron chi connectivity index (χ3n) is 7.41. The second-order valence-electron chi connectivity index (χ2n) is 9.79. The standard InChI is InChI=1S/C33H28O2/c34-33(35-32-18-17-26-6-2-4-8-28(26)22-32)31-16-15-29-20-24(12-14-30(29)21-31)10-9-23-11-13-25-5-1-3-7-27(25)19-23/h2,4,6,8,11-14,17-20,22,31H,1,3,5,7,15-16,21H2. The van der Waals surface area contributed by atoms with Crippen molar-refractivity contribution < 1.29 is 9.53 Å². The fourth-order valence-electron chi connectivity index (χ4n) is 5.42. The van der Waals surface area contributed by atoms with Crippen LogP contribution in [-0.4, -0.2) is 5.97 Å². The van der Waals surface area contributed by atoms with E-state index < -0.39 is 0 Å². The van der Waals surface area contributed by atoms with Crippen LogP contribution in [0.15, 0.2) is 78.9 Å². The molecule has 0 saturated heterocycles. The van der Waals surface area contributed by atoms with Crippen LogP contribution in [0.25, 0.3) is 10.8 Å². The quantitative estimate of drug-likeness (QED) is 0.188. The van der Waals surface area contributed by atoms with Crippen LogP contribution < -0.4 is 4.74 Å². The van der Waals surface area contributed by atoms with E-state index in [1.165, 1.54) is 47.9 Å². The van der Waals surface area contributed by atoms with Gasteiger partial charge in [-0.25, -0.2) is 0 Å². The number of esters is 1. The van der Waals surface area contributed by atoms with E-state index in [0.717, 1.165) is 41.2 Å². The Hall–Kier alpha value is -3.83. The van der Waals surface area contributed by atoms with Gasteiger partial charge in [0.15, 0.2) is 0 Å². The summed E-state index contributed by atoms with van der Waals surface area (Å²) in [6.07, 6.45) is 7.36. The lowest BCUT2D eigenvalue weighted by Crippen LogP contribution is -2.26. The predicted octanol–water partition coefficient (Wildman–Crippen LogP) is 6.83. The van der Waals surface area contributed by atoms with Crippen molar-refractivity contribution in [3.8, 4) is 17.6 Å². The van der Waals surface area contributed by atoms with E-state index in [2.05, 4.69) is 54.3 Å². The van der Waals surface area contributed by atoms with Gasteiger partial charge in [0.1, 0.15) is 5.75 Å². The number of aryl methyl sites for hydroxylation is 3. The molecule has 0 bridgehead atoms. The summed E-state index contributed by atoms with van der Waals surface area (Å²) in [4.78, 5) is 12.9. The highest BCUT2D eigenvalue weighted by atomic mass is 16.5. The molecule has 0 amide bonds. The Kier molecular flexibility index (Phi) is 5.84. The molecule has 2 heteroatoms. The Morgan fingerprint density at radius 1 is 0.686 bits per heavy atom. The first kappa shape index (κ1) is 21.7. The van der Waals surface area contributed by atoms with Gasteiger partial charge in [0.2, 0.25) is 0 Å². The number of carbonyl (C=O) groups is 1. The smallest absolute Gasteiger partial charge is 0.314 e. The highest BCUT2D eigenvalue weighted by Gasteiger charge is 2.26. The number of fused-ring (bicyclic) bond motifs is 3. The molecule has 172 valence electrons. The van der Waals surface area contributed by atoms with E-state index in [4.69, 9.17) is 4.74 Å². The second kappa shape index (κ2) is 9.43. The number of rotatable bonds is 2. The van der Waals surface area contributed by atoms with Crippen molar-refractivity contribution >= 4 is 16.7 Å². The van der Waals surface area contributed by atoms with Crippen LogP contribution in [-0.2, 0) is 30.5 Å². The minimum atomic E-state index is -0.137. The van der Waals surface area contributed by atoms with Gasteiger partial charge in [0.05, 0.1) is 5.92 Å². The van der Waals surface area contributed by atoms with Crippen LogP contribution in [0, 0.1) is 17.8 Å². The lowest BCUT2D eigenvalue weighted by Gasteiger charge is -2.23. The average Bonchev–Trinajstić information content (AvgIpc) is 2.91. The Morgan fingerprint density at radius 2 is 1.37 bits per heavy atom. The van der Waals surface area contributed by atoms with Crippen molar-refractivity contribution in [3.63, 3.8) is 0 Å². The number of hydrogen-bond donors (Lipinski definition) is 0. The molecule has 4 aromatic carbocycles. The minimum absolute atomic E-state index is 0.110. The summed E-state index contributed by atoms with van der Waals surface area (Å²) in [6.45, 7) is 0. The highest BCUT2D eigenvalue weighted by molar-refractivity contribution is 5.85. The summed E-state index contributed by atoms with van der Waals surface area (Å²) < 4.78 is 5.77. The highest BCUT2D eigenvalue weighted by Crippen LogP contribution is 2.29. The molecule has 2 aliphatic rings. The maximum Gasteiger partial charge on any atom is 0.314 e. The molecule has 4 aromatic rings. The van der Waals surface area contributed by atoms with Crippen LogP contribution in [0.3, 0.4) is 0 Å². The monoisotopic (exact) mass is 456 g/mol. The first-order valence-electron chi connectivity index (χ1n) is 12.7. The number of carbonyl (C=O) groups excluding carboxylic acids is 1. The van der Waals surface area contributed by atoms with Gasteiger partial charge in [-0.2, -0.15) is 0 Å². The maximum atomic E-state index is 12.9. The number of ether oxygens (including phenoxy) is 1. The van der Waals surface area contributed by atoms with E-state index in [0.29, 0.717) is 5.75 Å². The molecule has 1 unspecified atom stereocenters. The second-order valence-corrected chi connectivity index (χ2v) is 9.79. The van der Waals surface area contributed by atoms with E-state index >= 15 is 0 Å². The zero-order valence-corrected chi connectivity index (χ0v) is 19.8. The van der Waals surface area contributed by atoms with Gasteiger partial charge in [0, 0.05) is 11.1 Å². The molecule has 35 heavy (non-hydrogen) atoms. The molecule has 2 nitrogen and oxygen atoms in total. The predicted molar refractivity (Wildman–Crippen MR) is 141 cm³/mol. The van der Waals surface area contributed by atoms with Gasteiger partial charge in [0.25, 0.3) is 0 Å². The normalized spacial score (nSPS) is 16.5. The molecule has 6 rings (SSSR count). The third-order valence-corrected chi connectivity index (χ3v) is 7.41. The minimum Gasteiger partial charge on any atom is -0.426 e. The van der Waals surface area contributed by atoms with Gasteiger partial charge in [-0.15, -0.1) is 0 Å². The molecular weight excluding hydrogens is 428 g/mol. The van der Waals surface area contributed by atoms with Crippen LogP contribution in [0.1, 0.15) is 52.6 Å². The van der Waals surface area contributed by atoms with Gasteiger partial charge in [-0.05, 0) is 114 Å². The SMILES string of the molecule is O=C(Oc1ccc2ccccc2c1)C1CCc2cc(C#Cc3ccc4c(c3)CCCC4)ccc2C1. The summed E-state index contributed by atoms with van der Waals surface area (Å²) in [7, 11) is 0. The average molecular weight is 457 g/mol. The van der Waals surface area contributed by atoms with E-state index in [1.807, 2.05) is 36.4 Å². The van der Waals surface area contributed by atoms with Gasteiger partial charge >= 0.3 is 5.97 Å². The van der Waals surface area contributed by atoms with E-state index in [-0.39, 0.29) is 11.9 Å². The molecule has 1 atom stereocenters. The van der Waals surface area contributed by atoms with Crippen molar-refractivity contribution in [2.24, 2.45) is 5.92 Å². The van der Waals surface area contributed by atoms with E-state index in [9.17, 15) is 4.79 Å². The summed E-state index contributed by atoms with van der Waals surface area (Å²) in [5, 5.41) is 2.22. The topological polar surface area (TPSA) is 26.3 Å². The van der Waals surface area contributed by atoms with Gasteiger partial charge < -0.3 is 4.74 Å². The molecule has 0 saturated carbocycles. The van der Waals surface area contributed by atoms with Crippen molar-refractivity contribution in [1.82, 2.24) is 0 Å². The lowest BCUT2D eigenvalue weighted by atomic mass is 9.83. The van der Waals surface area contributed by atoms with Crippen molar-refractivity contribution in [2.45, 2.75) is 44.9 Å². The first-order chi connectivity index (χ1) is 17.2. The molecule has 0 spiro atoms. The summed E-state index contributed by atoms with van der Waals surface area (Å²) >= 11 is 0. The molecule has 0 aromatic heterocycles. The summed E-state index contributed by atoms with van der Waals surface area (Å²) in [5.74, 6) is 7.09. The maximum absolute atomic E-state index is 12.9. The number of hydrogen-bond acceptors (Lipinski definition) is 2. The van der Waals surface area contributed by atoms with Crippen molar-refractivity contribution in [3.05, 3.63) is 112 Å². The Labute approximate surface area is 207 Å². The molecule has 0 heterocycles. The van der Waals surface area contributed by atoms with Gasteiger partial charge in [-0.3, -0.25) is 4.79 Å². The van der Waals surface area contributed by atoms with Crippen LogP contribution in [0.4, 0.5) is 0 Å². The molecule has 0 aliphatic heterocycles. The first-order valence-corrected chi connectivity index (χ1v) is 12.7. The zero-order valence-electron chi connectivity index (χ0n) is 19.8. The fraction of sp³-hybridized carbons (Fsp3) is 0.242. The van der Waals surface area contributed by atoms with E-state index in [1.54, 1.807) is 0 Å².